The Balaban J connectivity index is 1.91. The zero-order valence-corrected chi connectivity index (χ0v) is 17.4. The van der Waals surface area contributed by atoms with E-state index in [4.69, 9.17) is 0 Å². The monoisotopic (exact) mass is 377 g/mol. The van der Waals surface area contributed by atoms with Crippen molar-refractivity contribution >= 4 is 5.91 Å². The minimum Gasteiger partial charge on any atom is -0.335 e. The molecule has 0 spiro atoms. The molecule has 28 heavy (non-hydrogen) atoms. The summed E-state index contributed by atoms with van der Waals surface area (Å²) in [6.07, 6.45) is 0.846. The molecule has 1 atom stereocenters. The number of carbonyl (C=O) groups excluding carboxylic acids is 1. The fourth-order valence-electron chi connectivity index (χ4n) is 3.52. The van der Waals surface area contributed by atoms with Crippen molar-refractivity contribution in [3.8, 4) is 11.3 Å². The third-order valence-corrected chi connectivity index (χ3v) is 5.16. The van der Waals surface area contributed by atoms with E-state index in [0.717, 1.165) is 46.1 Å². The van der Waals surface area contributed by atoms with Crippen LogP contribution in [0.25, 0.3) is 11.3 Å². The van der Waals surface area contributed by atoms with Gasteiger partial charge in [-0.3, -0.25) is 9.89 Å². The lowest BCUT2D eigenvalue weighted by atomic mass is 10.0. The fourth-order valence-corrected chi connectivity index (χ4v) is 3.52. The van der Waals surface area contributed by atoms with Crippen LogP contribution in [0, 0.1) is 20.8 Å². The van der Waals surface area contributed by atoms with Crippen molar-refractivity contribution < 1.29 is 4.79 Å². The summed E-state index contributed by atoms with van der Waals surface area (Å²) in [4.78, 5) is 23.9. The smallest absolute Gasteiger partial charge is 0.254 e. The molecule has 0 saturated heterocycles. The van der Waals surface area contributed by atoms with Crippen LogP contribution in [-0.2, 0) is 6.42 Å². The van der Waals surface area contributed by atoms with Crippen LogP contribution in [0.2, 0.25) is 0 Å². The summed E-state index contributed by atoms with van der Waals surface area (Å²) < 4.78 is 0. The van der Waals surface area contributed by atoms with Crippen LogP contribution < -0.4 is 0 Å². The second-order valence-electron chi connectivity index (χ2n) is 7.17. The van der Waals surface area contributed by atoms with Gasteiger partial charge in [-0.1, -0.05) is 19.1 Å². The quantitative estimate of drug-likeness (QED) is 0.723. The Bertz CT molecular complexity index is 988. The molecule has 0 aliphatic heterocycles. The van der Waals surface area contributed by atoms with Crippen LogP contribution in [0.1, 0.15) is 58.7 Å². The van der Waals surface area contributed by atoms with Crippen molar-refractivity contribution in [3.05, 3.63) is 64.4 Å². The lowest BCUT2D eigenvalue weighted by molar-refractivity contribution is 0.0742. The molecule has 1 unspecified atom stereocenters. The molecule has 1 amide bonds. The summed E-state index contributed by atoms with van der Waals surface area (Å²) in [5, 5.41) is 7.25. The highest BCUT2D eigenvalue weighted by atomic mass is 16.2. The third kappa shape index (κ3) is 3.81. The Hall–Kier alpha value is -3.02. The fraction of sp³-hybridized carbons (Fsp3) is 0.364. The van der Waals surface area contributed by atoms with E-state index in [2.05, 4.69) is 27.1 Å². The number of aromatic amines is 1. The standard InChI is InChI=1S/C22H27N5O/c1-7-19-12-20(24-16(5)23-19)17-9-8-10-18(11-17)22(28)27(6)15(4)21-13(2)25-26-14(21)3/h8-12,15H,7H2,1-6H3,(H,25,26). The summed E-state index contributed by atoms with van der Waals surface area (Å²) >= 11 is 0. The molecule has 0 fully saturated rings. The SMILES string of the molecule is CCc1cc(-c2cccc(C(=O)N(C)C(C)c3c(C)n[nH]c3C)c2)nc(C)n1. The maximum atomic E-state index is 13.1. The van der Waals surface area contributed by atoms with Gasteiger partial charge >= 0.3 is 0 Å². The molecule has 2 aromatic heterocycles. The van der Waals surface area contributed by atoms with Gasteiger partial charge in [0.15, 0.2) is 0 Å². The van der Waals surface area contributed by atoms with Gasteiger partial charge in [0.2, 0.25) is 0 Å². The van der Waals surface area contributed by atoms with Gasteiger partial charge in [-0.2, -0.15) is 5.10 Å². The average molecular weight is 377 g/mol. The first-order valence-electron chi connectivity index (χ1n) is 9.55. The van der Waals surface area contributed by atoms with Gasteiger partial charge in [0, 0.05) is 35.1 Å². The number of H-pyrrole nitrogens is 1. The molecule has 6 nitrogen and oxygen atoms in total. The molecule has 3 aromatic rings. The molecule has 1 N–H and O–H groups in total. The Kier molecular flexibility index (Phi) is 5.58. The molecule has 0 saturated carbocycles. The molecule has 2 heterocycles. The highest BCUT2D eigenvalue weighted by Gasteiger charge is 2.23. The number of amides is 1. The first-order chi connectivity index (χ1) is 13.3. The Morgan fingerprint density at radius 1 is 1.18 bits per heavy atom. The van der Waals surface area contributed by atoms with Gasteiger partial charge < -0.3 is 4.90 Å². The van der Waals surface area contributed by atoms with Crippen molar-refractivity contribution in [3.63, 3.8) is 0 Å². The summed E-state index contributed by atoms with van der Waals surface area (Å²) in [6, 6.07) is 9.54. The molecule has 0 aliphatic rings. The van der Waals surface area contributed by atoms with Crippen LogP contribution in [-0.4, -0.2) is 38.0 Å². The molecule has 146 valence electrons. The van der Waals surface area contributed by atoms with E-state index < -0.39 is 0 Å². The van der Waals surface area contributed by atoms with Gasteiger partial charge in [-0.25, -0.2) is 9.97 Å². The zero-order valence-electron chi connectivity index (χ0n) is 17.4. The third-order valence-electron chi connectivity index (χ3n) is 5.16. The Labute approximate surface area is 166 Å². The molecular weight excluding hydrogens is 350 g/mol. The number of hydrogen-bond acceptors (Lipinski definition) is 4. The lowest BCUT2D eigenvalue weighted by Gasteiger charge is -2.25. The van der Waals surface area contributed by atoms with Crippen LogP contribution in [0.15, 0.2) is 30.3 Å². The molecule has 0 aliphatic carbocycles. The van der Waals surface area contributed by atoms with Gasteiger partial charge in [0.05, 0.1) is 17.4 Å². The van der Waals surface area contributed by atoms with Crippen LogP contribution >= 0.6 is 0 Å². The number of nitrogens with one attached hydrogen (secondary N) is 1. The van der Waals surface area contributed by atoms with Crippen molar-refractivity contribution in [2.45, 2.75) is 47.1 Å². The van der Waals surface area contributed by atoms with E-state index in [-0.39, 0.29) is 11.9 Å². The molecule has 6 heteroatoms. The average Bonchev–Trinajstić information content (AvgIpc) is 3.04. The van der Waals surface area contributed by atoms with Crippen molar-refractivity contribution in [1.82, 2.24) is 25.1 Å². The van der Waals surface area contributed by atoms with Crippen molar-refractivity contribution in [2.24, 2.45) is 0 Å². The van der Waals surface area contributed by atoms with E-state index >= 15 is 0 Å². The summed E-state index contributed by atoms with van der Waals surface area (Å²) in [7, 11) is 1.83. The second kappa shape index (κ2) is 7.92. The number of carbonyl (C=O) groups is 1. The maximum Gasteiger partial charge on any atom is 0.254 e. The summed E-state index contributed by atoms with van der Waals surface area (Å²) in [5.41, 5.74) is 6.37. The van der Waals surface area contributed by atoms with E-state index in [1.54, 1.807) is 4.90 Å². The van der Waals surface area contributed by atoms with Gasteiger partial charge in [0.1, 0.15) is 5.82 Å². The van der Waals surface area contributed by atoms with E-state index in [0.29, 0.717) is 5.56 Å². The number of benzene rings is 1. The van der Waals surface area contributed by atoms with E-state index in [1.165, 1.54) is 0 Å². The van der Waals surface area contributed by atoms with Crippen LogP contribution in [0.4, 0.5) is 0 Å². The predicted octanol–water partition coefficient (Wildman–Crippen LogP) is 4.19. The second-order valence-corrected chi connectivity index (χ2v) is 7.17. The minimum absolute atomic E-state index is 0.0316. The number of hydrogen-bond donors (Lipinski definition) is 1. The normalized spacial score (nSPS) is 12.1. The summed E-state index contributed by atoms with van der Waals surface area (Å²) in [6.45, 7) is 9.92. The first kappa shape index (κ1) is 19.7. The number of rotatable bonds is 5. The van der Waals surface area contributed by atoms with Gasteiger partial charge in [0.25, 0.3) is 5.91 Å². The van der Waals surface area contributed by atoms with E-state index in [9.17, 15) is 4.79 Å². The van der Waals surface area contributed by atoms with Gasteiger partial charge in [-0.05, 0) is 52.3 Å². The number of aryl methyl sites for hydroxylation is 4. The minimum atomic E-state index is -0.0807. The largest absolute Gasteiger partial charge is 0.335 e. The summed E-state index contributed by atoms with van der Waals surface area (Å²) in [5.74, 6) is 0.707. The van der Waals surface area contributed by atoms with Crippen molar-refractivity contribution in [1.29, 1.82) is 0 Å². The van der Waals surface area contributed by atoms with Crippen molar-refractivity contribution in [2.75, 3.05) is 7.05 Å². The predicted molar refractivity (Wildman–Crippen MR) is 110 cm³/mol. The van der Waals surface area contributed by atoms with Crippen LogP contribution in [0.5, 0.6) is 0 Å². The zero-order chi connectivity index (χ0) is 20.4. The topological polar surface area (TPSA) is 74.8 Å². The van der Waals surface area contributed by atoms with Gasteiger partial charge in [-0.15, -0.1) is 0 Å². The Morgan fingerprint density at radius 3 is 2.57 bits per heavy atom. The molecule has 0 radical (unpaired) electrons. The maximum absolute atomic E-state index is 13.1. The number of aromatic nitrogens is 4. The van der Waals surface area contributed by atoms with E-state index in [1.807, 2.05) is 65.1 Å². The molecular formula is C22H27N5O. The lowest BCUT2D eigenvalue weighted by Crippen LogP contribution is -2.30. The molecule has 0 bridgehead atoms. The highest BCUT2D eigenvalue weighted by molar-refractivity contribution is 5.95. The highest BCUT2D eigenvalue weighted by Crippen LogP contribution is 2.26. The first-order valence-corrected chi connectivity index (χ1v) is 9.55. The molecule has 1 aromatic carbocycles. The Morgan fingerprint density at radius 2 is 1.93 bits per heavy atom. The van der Waals surface area contributed by atoms with Crippen LogP contribution in [0.3, 0.4) is 0 Å². The molecule has 3 rings (SSSR count). The number of nitrogens with zero attached hydrogens (tertiary/aromatic N) is 4.